The summed E-state index contributed by atoms with van der Waals surface area (Å²) in [5, 5.41) is 11.8. The molecule has 0 saturated carbocycles. The summed E-state index contributed by atoms with van der Waals surface area (Å²) in [4.78, 5) is 55.2. The van der Waals surface area contributed by atoms with Gasteiger partial charge in [0.25, 0.3) is 11.8 Å². The molecule has 0 heterocycles. The van der Waals surface area contributed by atoms with Crippen molar-refractivity contribution in [3.63, 3.8) is 0 Å². The third kappa shape index (κ3) is 6.19. The molecule has 8 heteroatoms. The van der Waals surface area contributed by atoms with Gasteiger partial charge in [0.2, 0.25) is 11.8 Å². The van der Waals surface area contributed by atoms with Crippen LogP contribution < -0.4 is 22.1 Å². The molecule has 0 bridgehead atoms. The molecular formula is C48H48N4O4. The van der Waals surface area contributed by atoms with Gasteiger partial charge < -0.3 is 22.1 Å². The minimum Gasteiger partial charge on any atom is -0.366 e. The molecule has 6 N–H and O–H groups in total. The summed E-state index contributed by atoms with van der Waals surface area (Å²) in [6, 6.07) is 26.3. The Kier molecular flexibility index (Phi) is 9.79. The smallest absolute Gasteiger partial charge is 0.256 e. The predicted molar refractivity (Wildman–Crippen MR) is 230 cm³/mol. The van der Waals surface area contributed by atoms with E-state index in [9.17, 15) is 19.2 Å². The molecule has 0 radical (unpaired) electrons. The summed E-state index contributed by atoms with van der Waals surface area (Å²) in [5.41, 5.74) is 18.4. The number of benzene rings is 7. The summed E-state index contributed by atoms with van der Waals surface area (Å²) in [5.74, 6) is -1.47. The van der Waals surface area contributed by atoms with Crippen molar-refractivity contribution in [2.24, 2.45) is 11.5 Å². The lowest BCUT2D eigenvalue weighted by Gasteiger charge is -2.23. The second kappa shape index (κ2) is 14.4. The lowest BCUT2D eigenvalue weighted by Crippen LogP contribution is -2.20. The van der Waals surface area contributed by atoms with Crippen LogP contribution in [0.2, 0.25) is 0 Å². The van der Waals surface area contributed by atoms with E-state index in [1.165, 1.54) is 0 Å². The Balaban J connectivity index is 1.56. The lowest BCUT2D eigenvalue weighted by molar-refractivity contribution is 0.0996. The van der Waals surface area contributed by atoms with Crippen LogP contribution >= 0.6 is 0 Å². The van der Waals surface area contributed by atoms with Crippen molar-refractivity contribution in [3.8, 4) is 0 Å². The fourth-order valence-electron chi connectivity index (χ4n) is 8.43. The van der Waals surface area contributed by atoms with E-state index in [0.29, 0.717) is 32.7 Å². The fraction of sp³-hybridized carbons (Fsp3) is 0.250. The number of amides is 4. The maximum Gasteiger partial charge on any atom is 0.256 e. The van der Waals surface area contributed by atoms with Crippen LogP contribution in [0.25, 0.3) is 43.1 Å². The summed E-state index contributed by atoms with van der Waals surface area (Å²) >= 11 is 0. The normalized spacial score (nSPS) is 11.9. The largest absolute Gasteiger partial charge is 0.366 e. The molecule has 7 aromatic rings. The Labute approximate surface area is 327 Å². The molecule has 0 spiro atoms. The van der Waals surface area contributed by atoms with Gasteiger partial charge in [-0.15, -0.1) is 0 Å². The molecule has 56 heavy (non-hydrogen) atoms. The first-order valence-corrected chi connectivity index (χ1v) is 19.3. The van der Waals surface area contributed by atoms with Gasteiger partial charge in [0.1, 0.15) is 0 Å². The Morgan fingerprint density at radius 3 is 0.929 bits per heavy atom. The number of fused-ring (bicyclic) bond motifs is 2. The zero-order valence-electron chi connectivity index (χ0n) is 33.2. The van der Waals surface area contributed by atoms with Gasteiger partial charge in [0.05, 0.1) is 0 Å². The number of rotatable bonds is 10. The van der Waals surface area contributed by atoms with Crippen LogP contribution in [-0.4, -0.2) is 23.6 Å². The van der Waals surface area contributed by atoms with Crippen molar-refractivity contribution >= 4 is 78.1 Å². The number of hydrogen-bond donors (Lipinski definition) is 4. The first-order valence-electron chi connectivity index (χ1n) is 19.3. The molecule has 0 aliphatic rings. The van der Waals surface area contributed by atoms with Crippen LogP contribution in [0.5, 0.6) is 0 Å². The van der Waals surface area contributed by atoms with Crippen LogP contribution in [0.3, 0.4) is 0 Å². The zero-order valence-corrected chi connectivity index (χ0v) is 33.2. The van der Waals surface area contributed by atoms with Crippen molar-refractivity contribution in [3.05, 3.63) is 129 Å². The fourth-order valence-corrected chi connectivity index (χ4v) is 8.43. The van der Waals surface area contributed by atoms with E-state index in [1.807, 2.05) is 60.7 Å². The molecule has 284 valence electrons. The van der Waals surface area contributed by atoms with Crippen LogP contribution in [-0.2, 0) is 0 Å². The van der Waals surface area contributed by atoms with Gasteiger partial charge in [-0.25, -0.2) is 0 Å². The number of carbonyl (C=O) groups is 4. The highest BCUT2D eigenvalue weighted by atomic mass is 16.2. The molecule has 0 aromatic heterocycles. The van der Waals surface area contributed by atoms with Crippen LogP contribution in [0, 0.1) is 0 Å². The third-order valence-corrected chi connectivity index (χ3v) is 11.1. The predicted octanol–water partition coefficient (Wildman–Crippen LogP) is 10.9. The highest BCUT2D eigenvalue weighted by molar-refractivity contribution is 6.39. The van der Waals surface area contributed by atoms with E-state index in [-0.39, 0.29) is 46.6 Å². The van der Waals surface area contributed by atoms with Gasteiger partial charge in [-0.05, 0) is 103 Å². The van der Waals surface area contributed by atoms with E-state index >= 15 is 0 Å². The lowest BCUT2D eigenvalue weighted by atomic mass is 9.84. The summed E-state index contributed by atoms with van der Waals surface area (Å²) in [7, 11) is 0. The molecule has 0 saturated heterocycles. The third-order valence-electron chi connectivity index (χ3n) is 11.1. The van der Waals surface area contributed by atoms with Gasteiger partial charge in [-0.1, -0.05) is 116 Å². The molecule has 7 rings (SSSR count). The number of hydrogen-bond acceptors (Lipinski definition) is 4. The Morgan fingerprint density at radius 1 is 0.393 bits per heavy atom. The number of primary amides is 2. The average Bonchev–Trinajstić information content (AvgIpc) is 3.15. The van der Waals surface area contributed by atoms with Crippen molar-refractivity contribution < 1.29 is 19.2 Å². The van der Waals surface area contributed by atoms with Crippen molar-refractivity contribution in [1.82, 2.24) is 0 Å². The maximum atomic E-state index is 14.9. The standard InChI is InChI=1S/C48H48N4O4/c1-23(2)27-11-9-12-28(24(3)4)43(27)51-47(55)37-21-17-33-31-15-19-35(45(49)53)41-36(46(50)54)20-16-32(39(31)41)34-18-22-38(42(37)40(33)34)48(56)52-44-29(25(5)6)13-10-14-30(44)26(7)8/h9-26H,1-8H3,(H2,49,53)(H2,50,54)(H,51,55)(H,52,56). The van der Waals surface area contributed by atoms with Gasteiger partial charge in [0, 0.05) is 44.4 Å². The molecule has 0 aliphatic carbocycles. The van der Waals surface area contributed by atoms with Crippen molar-refractivity contribution in [2.45, 2.75) is 79.1 Å². The summed E-state index contributed by atoms with van der Waals surface area (Å²) < 4.78 is 0. The topological polar surface area (TPSA) is 144 Å². The molecule has 7 aromatic carbocycles. The second-order valence-electron chi connectivity index (χ2n) is 16.0. The van der Waals surface area contributed by atoms with Crippen molar-refractivity contribution in [1.29, 1.82) is 0 Å². The monoisotopic (exact) mass is 744 g/mol. The minimum absolute atomic E-state index is 0.144. The molecule has 0 unspecified atom stereocenters. The Morgan fingerprint density at radius 2 is 0.661 bits per heavy atom. The van der Waals surface area contributed by atoms with Crippen LogP contribution in [0.4, 0.5) is 11.4 Å². The van der Waals surface area contributed by atoms with E-state index < -0.39 is 11.8 Å². The highest BCUT2D eigenvalue weighted by Gasteiger charge is 2.27. The molecule has 0 fully saturated rings. The highest BCUT2D eigenvalue weighted by Crippen LogP contribution is 2.45. The number of anilines is 2. The minimum atomic E-state index is -0.684. The van der Waals surface area contributed by atoms with E-state index in [0.717, 1.165) is 55.2 Å². The van der Waals surface area contributed by atoms with E-state index in [2.05, 4.69) is 66.0 Å². The summed E-state index contributed by atoms with van der Waals surface area (Å²) in [6.07, 6.45) is 0. The van der Waals surface area contributed by atoms with E-state index in [1.54, 1.807) is 24.3 Å². The maximum absolute atomic E-state index is 14.9. The van der Waals surface area contributed by atoms with Crippen LogP contribution in [0.15, 0.2) is 84.9 Å². The van der Waals surface area contributed by atoms with Crippen molar-refractivity contribution in [2.75, 3.05) is 10.6 Å². The number of para-hydroxylation sites is 2. The first-order chi connectivity index (χ1) is 26.6. The first kappa shape index (κ1) is 38.0. The van der Waals surface area contributed by atoms with Gasteiger partial charge in [-0.3, -0.25) is 19.2 Å². The quantitative estimate of drug-likeness (QED) is 0.0816. The average molecular weight is 745 g/mol. The van der Waals surface area contributed by atoms with Gasteiger partial charge in [0.15, 0.2) is 0 Å². The van der Waals surface area contributed by atoms with Gasteiger partial charge in [-0.2, -0.15) is 0 Å². The molecule has 4 amide bonds. The Bertz CT molecular complexity index is 2530. The molecular weight excluding hydrogens is 697 g/mol. The number of nitrogens with two attached hydrogens (primary N) is 2. The SMILES string of the molecule is CC(C)c1cccc(C(C)C)c1NC(=O)c1ccc2c3ccc(C(N)=O)c4c(C(N)=O)ccc(c5ccc(C(=O)Nc6c(C(C)C)cccc6C(C)C)c1c25)c43. The second-order valence-corrected chi connectivity index (χ2v) is 16.0. The van der Waals surface area contributed by atoms with Crippen LogP contribution in [0.1, 0.15) is 143 Å². The Hall–Kier alpha value is -6.28. The zero-order chi connectivity index (χ0) is 40.3. The van der Waals surface area contributed by atoms with Gasteiger partial charge >= 0.3 is 0 Å². The molecule has 8 nitrogen and oxygen atoms in total. The number of carbonyl (C=O) groups excluding carboxylic acids is 4. The summed E-state index contributed by atoms with van der Waals surface area (Å²) in [6.45, 7) is 16.8. The molecule has 0 aliphatic heterocycles. The van der Waals surface area contributed by atoms with E-state index in [4.69, 9.17) is 11.5 Å². The number of nitrogens with one attached hydrogen (secondary N) is 2. The molecule has 0 atom stereocenters.